The Labute approximate surface area is 186 Å². The molecular weight excluding hydrogens is 368 g/mol. The molecule has 1 aromatic rings. The van der Waals surface area contributed by atoms with Gasteiger partial charge in [-0.1, -0.05) is 108 Å². The van der Waals surface area contributed by atoms with E-state index in [-0.39, 0.29) is 11.5 Å². The van der Waals surface area contributed by atoms with E-state index in [0.29, 0.717) is 12.0 Å². The van der Waals surface area contributed by atoms with E-state index in [9.17, 15) is 9.90 Å². The summed E-state index contributed by atoms with van der Waals surface area (Å²) in [6.45, 7) is 2.27. The SMILES string of the molecule is CCCCCCCCC=CCCCCCCCCCCCC(=O)c1ccccc1O. The quantitative estimate of drug-likeness (QED) is 0.131. The van der Waals surface area contributed by atoms with E-state index < -0.39 is 0 Å². The molecule has 1 N–H and O–H groups in total. The predicted octanol–water partition coefficient (Wildman–Crippen LogP) is 9.17. The maximum Gasteiger partial charge on any atom is 0.166 e. The molecule has 0 amide bonds. The maximum absolute atomic E-state index is 12.1. The number of hydrogen-bond donors (Lipinski definition) is 1. The molecule has 2 nitrogen and oxygen atoms in total. The van der Waals surface area contributed by atoms with Crippen LogP contribution >= 0.6 is 0 Å². The molecule has 170 valence electrons. The molecule has 2 heteroatoms. The normalized spacial score (nSPS) is 11.4. The van der Waals surface area contributed by atoms with Crippen LogP contribution in [0.3, 0.4) is 0 Å². The van der Waals surface area contributed by atoms with Crippen molar-refractivity contribution < 1.29 is 9.90 Å². The first-order valence-electron chi connectivity index (χ1n) is 12.7. The van der Waals surface area contributed by atoms with Gasteiger partial charge >= 0.3 is 0 Å². The highest BCUT2D eigenvalue weighted by Crippen LogP contribution is 2.19. The van der Waals surface area contributed by atoms with Gasteiger partial charge < -0.3 is 5.11 Å². The molecule has 0 saturated heterocycles. The van der Waals surface area contributed by atoms with Crippen molar-refractivity contribution in [2.75, 3.05) is 0 Å². The average Bonchev–Trinajstić information content (AvgIpc) is 2.75. The van der Waals surface area contributed by atoms with Crippen molar-refractivity contribution in [2.24, 2.45) is 0 Å². The van der Waals surface area contributed by atoms with E-state index in [1.54, 1.807) is 24.3 Å². The highest BCUT2D eigenvalue weighted by atomic mass is 16.3. The topological polar surface area (TPSA) is 37.3 Å². The van der Waals surface area contributed by atoms with Crippen LogP contribution in [0.4, 0.5) is 0 Å². The van der Waals surface area contributed by atoms with Crippen LogP contribution in [0.2, 0.25) is 0 Å². The van der Waals surface area contributed by atoms with Gasteiger partial charge in [0.1, 0.15) is 5.75 Å². The monoisotopic (exact) mass is 414 g/mol. The summed E-state index contributed by atoms with van der Waals surface area (Å²) >= 11 is 0. The van der Waals surface area contributed by atoms with Crippen LogP contribution in [0, 0.1) is 0 Å². The highest BCUT2D eigenvalue weighted by Gasteiger charge is 2.09. The number of allylic oxidation sites excluding steroid dienone is 2. The second-order valence-corrected chi connectivity index (χ2v) is 8.69. The van der Waals surface area contributed by atoms with Gasteiger partial charge in [-0.3, -0.25) is 4.79 Å². The first-order valence-corrected chi connectivity index (χ1v) is 12.7. The van der Waals surface area contributed by atoms with E-state index in [0.717, 1.165) is 12.8 Å². The van der Waals surface area contributed by atoms with Crippen LogP contribution in [-0.2, 0) is 0 Å². The number of phenols is 1. The van der Waals surface area contributed by atoms with Crippen LogP contribution in [-0.4, -0.2) is 10.9 Å². The summed E-state index contributed by atoms with van der Waals surface area (Å²) in [6, 6.07) is 6.85. The summed E-state index contributed by atoms with van der Waals surface area (Å²) in [7, 11) is 0. The average molecular weight is 415 g/mol. The number of ketones is 1. The number of phenolic OH excluding ortho intramolecular Hbond substituents is 1. The van der Waals surface area contributed by atoms with E-state index >= 15 is 0 Å². The fourth-order valence-corrected chi connectivity index (χ4v) is 3.91. The zero-order chi connectivity index (χ0) is 21.7. The Bertz CT molecular complexity index is 562. The van der Waals surface area contributed by atoms with E-state index in [1.165, 1.54) is 96.3 Å². The summed E-state index contributed by atoms with van der Waals surface area (Å²) in [5.41, 5.74) is 0.467. The summed E-state index contributed by atoms with van der Waals surface area (Å²) < 4.78 is 0. The molecule has 0 heterocycles. The third-order valence-electron chi connectivity index (χ3n) is 5.87. The number of unbranched alkanes of at least 4 members (excludes halogenated alkanes) is 15. The lowest BCUT2D eigenvalue weighted by Gasteiger charge is -2.04. The zero-order valence-corrected chi connectivity index (χ0v) is 19.5. The van der Waals surface area contributed by atoms with Crippen molar-refractivity contribution in [2.45, 2.75) is 122 Å². The Balaban J connectivity index is 1.81. The zero-order valence-electron chi connectivity index (χ0n) is 19.5. The van der Waals surface area contributed by atoms with E-state index in [1.807, 2.05) is 0 Å². The molecule has 1 aromatic carbocycles. The van der Waals surface area contributed by atoms with Crippen molar-refractivity contribution in [3.8, 4) is 5.75 Å². The lowest BCUT2D eigenvalue weighted by molar-refractivity contribution is 0.0976. The number of carbonyl (C=O) groups excluding carboxylic acids is 1. The van der Waals surface area contributed by atoms with Crippen LogP contribution < -0.4 is 0 Å². The van der Waals surface area contributed by atoms with Gasteiger partial charge in [0.05, 0.1) is 5.56 Å². The molecule has 0 saturated carbocycles. The fraction of sp³-hybridized carbons (Fsp3) is 0.679. The Hall–Kier alpha value is -1.57. The van der Waals surface area contributed by atoms with Gasteiger partial charge in [0.15, 0.2) is 5.78 Å². The standard InChI is InChI=1S/C28H46O2/c1-2-3-4-5-6-7-8-9-10-11-12-13-14-15-16-17-18-19-20-24-27(29)26-23-21-22-25-28(26)30/h9-10,21-23,25,30H,2-8,11-20,24H2,1H3. The largest absolute Gasteiger partial charge is 0.507 e. The Morgan fingerprint density at radius 1 is 0.700 bits per heavy atom. The van der Waals surface area contributed by atoms with Gasteiger partial charge in [0.2, 0.25) is 0 Å². The van der Waals surface area contributed by atoms with Crippen molar-refractivity contribution >= 4 is 5.78 Å². The first kappa shape index (κ1) is 26.5. The third-order valence-corrected chi connectivity index (χ3v) is 5.87. The van der Waals surface area contributed by atoms with Gasteiger partial charge in [0.25, 0.3) is 0 Å². The summed E-state index contributed by atoms with van der Waals surface area (Å²) in [6.07, 6.45) is 27.4. The highest BCUT2D eigenvalue weighted by molar-refractivity contribution is 5.98. The van der Waals surface area contributed by atoms with Crippen LogP contribution in [0.1, 0.15) is 133 Å². The number of Topliss-reactive ketones (excluding diaryl/α,β-unsaturated/α-hetero) is 1. The molecular formula is C28H46O2. The van der Waals surface area contributed by atoms with E-state index in [4.69, 9.17) is 0 Å². The van der Waals surface area contributed by atoms with E-state index in [2.05, 4.69) is 19.1 Å². The molecule has 0 aliphatic heterocycles. The predicted molar refractivity (Wildman–Crippen MR) is 130 cm³/mol. The first-order chi connectivity index (χ1) is 14.8. The van der Waals surface area contributed by atoms with Gasteiger partial charge in [-0.15, -0.1) is 0 Å². The van der Waals surface area contributed by atoms with Crippen molar-refractivity contribution in [1.82, 2.24) is 0 Å². The molecule has 0 aliphatic carbocycles. The molecule has 1 rings (SSSR count). The second-order valence-electron chi connectivity index (χ2n) is 8.69. The lowest BCUT2D eigenvalue weighted by atomic mass is 10.0. The summed E-state index contributed by atoms with van der Waals surface area (Å²) in [4.78, 5) is 12.1. The molecule has 0 unspecified atom stereocenters. The number of benzene rings is 1. The van der Waals surface area contributed by atoms with Gasteiger partial charge in [-0.2, -0.15) is 0 Å². The van der Waals surface area contributed by atoms with Gasteiger partial charge in [-0.25, -0.2) is 0 Å². The van der Waals surface area contributed by atoms with Gasteiger partial charge in [-0.05, 0) is 44.2 Å². The second kappa shape index (κ2) is 19.4. The molecule has 0 spiro atoms. The minimum atomic E-state index is 0.0640. The lowest BCUT2D eigenvalue weighted by Crippen LogP contribution is -1.99. The molecule has 30 heavy (non-hydrogen) atoms. The number of para-hydroxylation sites is 1. The van der Waals surface area contributed by atoms with Crippen molar-refractivity contribution in [1.29, 1.82) is 0 Å². The molecule has 0 radical (unpaired) electrons. The molecule has 0 atom stereocenters. The molecule has 0 fully saturated rings. The number of rotatable bonds is 20. The summed E-state index contributed by atoms with van der Waals surface area (Å²) in [5.74, 6) is 0.171. The van der Waals surface area contributed by atoms with Crippen LogP contribution in [0.5, 0.6) is 5.75 Å². The minimum Gasteiger partial charge on any atom is -0.507 e. The fourth-order valence-electron chi connectivity index (χ4n) is 3.91. The Kier molecular flexibility index (Phi) is 17.1. The third kappa shape index (κ3) is 14.4. The number of aromatic hydroxyl groups is 1. The molecule has 0 aliphatic rings. The summed E-state index contributed by atoms with van der Waals surface area (Å²) in [5, 5.41) is 9.72. The minimum absolute atomic E-state index is 0.0640. The van der Waals surface area contributed by atoms with Crippen LogP contribution in [0.15, 0.2) is 36.4 Å². The Morgan fingerprint density at radius 2 is 1.17 bits per heavy atom. The molecule has 0 bridgehead atoms. The van der Waals surface area contributed by atoms with Crippen molar-refractivity contribution in [3.05, 3.63) is 42.0 Å². The molecule has 0 aromatic heterocycles. The van der Waals surface area contributed by atoms with Gasteiger partial charge in [0, 0.05) is 6.42 Å². The number of hydrogen-bond acceptors (Lipinski definition) is 2. The van der Waals surface area contributed by atoms with Crippen LogP contribution in [0.25, 0.3) is 0 Å². The smallest absolute Gasteiger partial charge is 0.166 e. The maximum atomic E-state index is 12.1. The Morgan fingerprint density at radius 3 is 1.70 bits per heavy atom. The number of carbonyl (C=O) groups is 1. The van der Waals surface area contributed by atoms with Crippen molar-refractivity contribution in [3.63, 3.8) is 0 Å².